The summed E-state index contributed by atoms with van der Waals surface area (Å²) in [6, 6.07) is 17.6. The Bertz CT molecular complexity index is 997. The van der Waals surface area contributed by atoms with Crippen LogP contribution in [0, 0.1) is 6.92 Å². The number of benzene rings is 2. The second kappa shape index (κ2) is 9.92. The molecule has 1 aliphatic rings. The first kappa shape index (κ1) is 22.9. The number of pyridine rings is 1. The number of hydrogen-bond acceptors (Lipinski definition) is 4. The lowest BCUT2D eigenvalue weighted by atomic mass is 10.0. The van der Waals surface area contributed by atoms with Gasteiger partial charge in [0.1, 0.15) is 11.4 Å². The van der Waals surface area contributed by atoms with Gasteiger partial charge in [-0.2, -0.15) is 0 Å². The molecule has 2 heterocycles. The van der Waals surface area contributed by atoms with Crippen molar-refractivity contribution in [2.75, 3.05) is 26.7 Å². The number of methoxy groups -OCH3 is 1. The molecule has 3 aromatic rings. The number of hydrogen-bond donors (Lipinski definition) is 1. The van der Waals surface area contributed by atoms with E-state index < -0.39 is 0 Å². The molecular formula is C22H25Cl2N3O2. The number of aryl methyl sites for hydroxylation is 1. The molecular weight excluding hydrogens is 409 g/mol. The van der Waals surface area contributed by atoms with Gasteiger partial charge < -0.3 is 15.0 Å². The minimum Gasteiger partial charge on any atom is -0.496 e. The van der Waals surface area contributed by atoms with E-state index >= 15 is 0 Å². The van der Waals surface area contributed by atoms with Gasteiger partial charge in [-0.05, 0) is 30.7 Å². The molecule has 1 unspecified atom stereocenters. The number of halogens is 2. The quantitative estimate of drug-likeness (QED) is 0.672. The maximum Gasteiger partial charge on any atom is 0.273 e. The smallest absolute Gasteiger partial charge is 0.273 e. The van der Waals surface area contributed by atoms with Gasteiger partial charge in [0.2, 0.25) is 0 Å². The van der Waals surface area contributed by atoms with Crippen molar-refractivity contribution in [3.05, 3.63) is 71.4 Å². The summed E-state index contributed by atoms with van der Waals surface area (Å²) in [4.78, 5) is 19.9. The lowest BCUT2D eigenvalue weighted by molar-refractivity contribution is 0.0626. The van der Waals surface area contributed by atoms with Crippen LogP contribution in [0.1, 0.15) is 27.7 Å². The number of nitrogens with zero attached hydrogens (tertiary/aromatic N) is 2. The summed E-state index contributed by atoms with van der Waals surface area (Å²) < 4.78 is 5.53. The van der Waals surface area contributed by atoms with Crippen molar-refractivity contribution in [1.29, 1.82) is 0 Å². The molecule has 0 saturated carbocycles. The van der Waals surface area contributed by atoms with Crippen LogP contribution in [0.3, 0.4) is 0 Å². The van der Waals surface area contributed by atoms with Gasteiger partial charge in [-0.3, -0.25) is 4.79 Å². The average Bonchev–Trinajstić information content (AvgIpc) is 2.73. The Balaban J connectivity index is 0.00000150. The first-order valence-electron chi connectivity index (χ1n) is 9.20. The zero-order valence-electron chi connectivity index (χ0n) is 16.4. The van der Waals surface area contributed by atoms with Gasteiger partial charge in [-0.15, -0.1) is 24.8 Å². The highest BCUT2D eigenvalue weighted by molar-refractivity contribution is 5.96. The lowest BCUT2D eigenvalue weighted by Gasteiger charge is -2.37. The summed E-state index contributed by atoms with van der Waals surface area (Å²) in [5, 5.41) is 4.47. The van der Waals surface area contributed by atoms with Crippen molar-refractivity contribution >= 4 is 41.6 Å². The van der Waals surface area contributed by atoms with Crippen LogP contribution in [0.25, 0.3) is 10.9 Å². The van der Waals surface area contributed by atoms with Crippen molar-refractivity contribution in [2.45, 2.75) is 13.0 Å². The topological polar surface area (TPSA) is 54.5 Å². The molecule has 0 radical (unpaired) electrons. The summed E-state index contributed by atoms with van der Waals surface area (Å²) in [7, 11) is 1.66. The van der Waals surface area contributed by atoms with Crippen LogP contribution >= 0.6 is 24.8 Å². The molecule has 1 N–H and O–H groups in total. The van der Waals surface area contributed by atoms with E-state index in [0.717, 1.165) is 34.3 Å². The summed E-state index contributed by atoms with van der Waals surface area (Å²) >= 11 is 0. The second-order valence-corrected chi connectivity index (χ2v) is 6.80. The minimum atomic E-state index is -0.0871. The van der Waals surface area contributed by atoms with E-state index in [4.69, 9.17) is 4.74 Å². The number of ether oxygens (including phenoxy) is 1. The summed E-state index contributed by atoms with van der Waals surface area (Å²) in [6.07, 6.45) is 0. The van der Waals surface area contributed by atoms with Crippen molar-refractivity contribution in [2.24, 2.45) is 0 Å². The molecule has 0 bridgehead atoms. The second-order valence-electron chi connectivity index (χ2n) is 6.80. The number of fused-ring (bicyclic) bond motifs is 1. The van der Waals surface area contributed by atoms with Crippen LogP contribution in [0.5, 0.6) is 5.75 Å². The van der Waals surface area contributed by atoms with Crippen LogP contribution in [0.4, 0.5) is 0 Å². The first-order valence-corrected chi connectivity index (χ1v) is 9.20. The number of amides is 1. The van der Waals surface area contributed by atoms with Crippen molar-refractivity contribution in [3.63, 3.8) is 0 Å². The molecule has 4 rings (SSSR count). The van der Waals surface area contributed by atoms with Crippen molar-refractivity contribution < 1.29 is 9.53 Å². The molecule has 2 aromatic carbocycles. The maximum atomic E-state index is 13.4. The van der Waals surface area contributed by atoms with Crippen molar-refractivity contribution in [3.8, 4) is 5.75 Å². The predicted octanol–water partition coefficient (Wildman–Crippen LogP) is 4.18. The van der Waals surface area contributed by atoms with Gasteiger partial charge in [0, 0.05) is 30.6 Å². The van der Waals surface area contributed by atoms with Crippen LogP contribution in [0.2, 0.25) is 0 Å². The Morgan fingerprint density at radius 3 is 2.66 bits per heavy atom. The third kappa shape index (κ3) is 4.47. The summed E-state index contributed by atoms with van der Waals surface area (Å²) in [5.74, 6) is 0.757. The molecule has 1 amide bonds. The third-order valence-electron chi connectivity index (χ3n) is 5.14. The van der Waals surface area contributed by atoms with Crippen molar-refractivity contribution in [1.82, 2.24) is 15.2 Å². The van der Waals surface area contributed by atoms with E-state index in [9.17, 15) is 4.79 Å². The molecule has 1 saturated heterocycles. The highest BCUT2D eigenvalue weighted by atomic mass is 35.5. The SMILES string of the molecule is COc1ccccc1C1CNCCN1C(=O)c1cc(C)c2ccccc2n1.Cl.Cl. The molecule has 0 spiro atoms. The number of carbonyl (C=O) groups is 1. The Morgan fingerprint density at radius 2 is 1.86 bits per heavy atom. The molecule has 0 aliphatic carbocycles. The normalized spacial score (nSPS) is 15.9. The van der Waals surface area contributed by atoms with E-state index in [0.29, 0.717) is 18.8 Å². The summed E-state index contributed by atoms with van der Waals surface area (Å²) in [6.45, 7) is 4.12. The molecule has 7 heteroatoms. The van der Waals surface area contributed by atoms with Crippen LogP contribution in [-0.4, -0.2) is 42.5 Å². The van der Waals surface area contributed by atoms with Crippen LogP contribution in [0.15, 0.2) is 54.6 Å². The van der Waals surface area contributed by atoms with Gasteiger partial charge in [0.05, 0.1) is 18.7 Å². The van der Waals surface area contributed by atoms with E-state index in [1.54, 1.807) is 7.11 Å². The van der Waals surface area contributed by atoms with Crippen LogP contribution < -0.4 is 10.1 Å². The number of para-hydroxylation sites is 2. The monoisotopic (exact) mass is 433 g/mol. The Labute approximate surface area is 183 Å². The minimum absolute atomic E-state index is 0. The zero-order valence-corrected chi connectivity index (χ0v) is 18.1. The fraction of sp³-hybridized carbons (Fsp3) is 0.273. The Hall–Kier alpha value is -2.34. The molecule has 1 aliphatic heterocycles. The lowest BCUT2D eigenvalue weighted by Crippen LogP contribution is -2.49. The highest BCUT2D eigenvalue weighted by Gasteiger charge is 2.31. The molecule has 1 aromatic heterocycles. The largest absolute Gasteiger partial charge is 0.496 e. The van der Waals surface area contributed by atoms with Gasteiger partial charge in [0.15, 0.2) is 0 Å². The van der Waals surface area contributed by atoms with E-state index in [2.05, 4.69) is 10.3 Å². The van der Waals surface area contributed by atoms with E-state index in [1.165, 1.54) is 0 Å². The first-order chi connectivity index (χ1) is 13.2. The van der Waals surface area contributed by atoms with E-state index in [1.807, 2.05) is 66.4 Å². The zero-order chi connectivity index (χ0) is 18.8. The van der Waals surface area contributed by atoms with Gasteiger partial charge in [0.25, 0.3) is 5.91 Å². The Kier molecular flexibility index (Phi) is 7.85. The fourth-order valence-corrected chi connectivity index (χ4v) is 3.77. The van der Waals surface area contributed by atoms with Gasteiger partial charge in [-0.25, -0.2) is 4.98 Å². The number of rotatable bonds is 3. The molecule has 29 heavy (non-hydrogen) atoms. The fourth-order valence-electron chi connectivity index (χ4n) is 3.77. The predicted molar refractivity (Wildman–Crippen MR) is 121 cm³/mol. The van der Waals surface area contributed by atoms with Crippen LogP contribution in [-0.2, 0) is 0 Å². The molecule has 1 fully saturated rings. The number of piperazine rings is 1. The molecule has 5 nitrogen and oxygen atoms in total. The number of carbonyl (C=O) groups excluding carboxylic acids is 1. The molecule has 154 valence electrons. The van der Waals surface area contributed by atoms with Gasteiger partial charge >= 0.3 is 0 Å². The standard InChI is InChI=1S/C22H23N3O2.2ClH/c1-15-13-19(24-18-9-5-3-7-16(15)18)22(26)25-12-11-23-14-20(25)17-8-4-6-10-21(17)27-2;;/h3-10,13,20,23H,11-12,14H2,1-2H3;2*1H. The third-order valence-corrected chi connectivity index (χ3v) is 5.14. The summed E-state index contributed by atoms with van der Waals surface area (Å²) in [5.41, 5.74) is 3.42. The van der Waals surface area contributed by atoms with E-state index in [-0.39, 0.29) is 36.8 Å². The average molecular weight is 434 g/mol. The van der Waals surface area contributed by atoms with Gasteiger partial charge in [-0.1, -0.05) is 36.4 Å². The highest BCUT2D eigenvalue weighted by Crippen LogP contribution is 2.31. The molecule has 1 atom stereocenters. The number of aromatic nitrogens is 1. The Morgan fingerprint density at radius 1 is 1.14 bits per heavy atom. The number of nitrogens with one attached hydrogen (secondary N) is 1. The maximum absolute atomic E-state index is 13.4.